The summed E-state index contributed by atoms with van der Waals surface area (Å²) in [5, 5.41) is 14.4. The minimum absolute atomic E-state index is 0.0521. The van der Waals surface area contributed by atoms with Gasteiger partial charge in [-0.3, -0.25) is 14.6 Å². The van der Waals surface area contributed by atoms with E-state index < -0.39 is 41.6 Å². The summed E-state index contributed by atoms with van der Waals surface area (Å²) in [5.74, 6) is -0.386. The van der Waals surface area contributed by atoms with Crippen molar-refractivity contribution < 1.29 is 41.2 Å². The van der Waals surface area contributed by atoms with Crippen LogP contribution in [0.5, 0.6) is 5.75 Å². The Kier molecular flexibility index (Phi) is 10.2. The number of alkyl halides is 4. The standard InChI is InChI=1S/C32H35ClF4N4O5S/c1-20-15-23(28(42)40-10-6-30(44,18-34)7-11-40)16-21(2)24(20)5-14-47(45)41-12-8-31(9-13-41)29(43)38-27(39-31)22-3-4-26(25(33)17-22)46-19-32(35,36)37/h3-5,14-17,44H,6-13,18-19H2,1-2H3,(H,38,39,43)/b14-5+. The molecule has 3 heterocycles. The number of aliphatic imine (C=N–C) groups is 1. The number of hydrogen-bond donors (Lipinski definition) is 2. The third-order valence-corrected chi connectivity index (χ3v) is 10.3. The van der Waals surface area contributed by atoms with Crippen molar-refractivity contribution in [1.29, 1.82) is 0 Å². The second-order valence-electron chi connectivity index (χ2n) is 12.2. The molecule has 1 spiro atoms. The van der Waals surface area contributed by atoms with E-state index in [1.165, 1.54) is 18.2 Å². The van der Waals surface area contributed by atoms with Gasteiger partial charge in [0.2, 0.25) is 0 Å². The zero-order valence-electron chi connectivity index (χ0n) is 25.8. The lowest BCUT2D eigenvalue weighted by molar-refractivity contribution is -0.153. The smallest absolute Gasteiger partial charge is 0.422 e. The van der Waals surface area contributed by atoms with Gasteiger partial charge in [0.15, 0.2) is 6.61 Å². The van der Waals surface area contributed by atoms with Gasteiger partial charge >= 0.3 is 6.18 Å². The van der Waals surface area contributed by atoms with Crippen molar-refractivity contribution in [3.05, 3.63) is 68.6 Å². The molecule has 2 amide bonds. The molecule has 2 N–H and O–H groups in total. The van der Waals surface area contributed by atoms with Crippen molar-refractivity contribution in [2.75, 3.05) is 39.5 Å². The Hall–Kier alpha value is -3.33. The molecule has 47 heavy (non-hydrogen) atoms. The van der Waals surface area contributed by atoms with Crippen LogP contribution in [-0.2, 0) is 15.8 Å². The zero-order chi connectivity index (χ0) is 34.1. The first-order valence-corrected chi connectivity index (χ1v) is 16.6. The summed E-state index contributed by atoms with van der Waals surface area (Å²) < 4.78 is 70.3. The summed E-state index contributed by atoms with van der Waals surface area (Å²) in [5.41, 5.74) is 0.951. The van der Waals surface area contributed by atoms with Crippen molar-refractivity contribution in [3.63, 3.8) is 0 Å². The van der Waals surface area contributed by atoms with Gasteiger partial charge in [0.25, 0.3) is 11.8 Å². The van der Waals surface area contributed by atoms with Crippen LogP contribution in [0.1, 0.15) is 58.3 Å². The maximum Gasteiger partial charge on any atom is 0.422 e. The molecular weight excluding hydrogens is 664 g/mol. The number of nitrogens with zero attached hydrogens (tertiary/aromatic N) is 3. The highest BCUT2D eigenvalue weighted by atomic mass is 35.5. The van der Waals surface area contributed by atoms with Crippen molar-refractivity contribution >= 4 is 46.3 Å². The number of halogens is 5. The molecule has 3 aliphatic heterocycles. The van der Waals surface area contributed by atoms with E-state index in [2.05, 4.69) is 10.3 Å². The Balaban J connectivity index is 1.20. The highest BCUT2D eigenvalue weighted by molar-refractivity contribution is 7.85. The molecule has 2 saturated heterocycles. The van der Waals surface area contributed by atoms with E-state index in [1.54, 1.807) is 32.8 Å². The molecule has 0 aromatic heterocycles. The lowest BCUT2D eigenvalue weighted by atomic mass is 9.89. The Bertz CT molecular complexity index is 1610. The number of amides is 2. The second-order valence-corrected chi connectivity index (χ2v) is 13.9. The number of aliphatic hydroxyl groups is 1. The monoisotopic (exact) mass is 698 g/mol. The van der Waals surface area contributed by atoms with E-state index in [-0.39, 0.29) is 54.4 Å². The number of likely N-dealkylation sites (tertiary alicyclic amines) is 1. The summed E-state index contributed by atoms with van der Waals surface area (Å²) in [4.78, 5) is 32.4. The molecule has 2 aromatic rings. The van der Waals surface area contributed by atoms with E-state index in [1.807, 2.05) is 13.8 Å². The largest absolute Gasteiger partial charge is 0.483 e. The fraction of sp³-hybridized carbons (Fsp3) is 0.469. The number of nitrogens with one attached hydrogen (secondary N) is 1. The second kappa shape index (κ2) is 13.7. The minimum atomic E-state index is -4.51. The van der Waals surface area contributed by atoms with Gasteiger partial charge < -0.3 is 20.1 Å². The molecule has 5 rings (SSSR count). The normalized spacial score (nSPS) is 20.4. The zero-order valence-corrected chi connectivity index (χ0v) is 27.4. The van der Waals surface area contributed by atoms with Crippen LogP contribution < -0.4 is 10.1 Å². The number of amidine groups is 1. The van der Waals surface area contributed by atoms with Gasteiger partial charge in [-0.1, -0.05) is 11.6 Å². The molecule has 0 radical (unpaired) electrons. The highest BCUT2D eigenvalue weighted by Crippen LogP contribution is 2.34. The third kappa shape index (κ3) is 7.87. The maximum atomic E-state index is 13.2. The number of benzene rings is 2. The first kappa shape index (κ1) is 35.0. The molecule has 9 nitrogen and oxygen atoms in total. The molecule has 3 aliphatic rings. The van der Waals surface area contributed by atoms with Gasteiger partial charge in [-0.05, 0) is 92.6 Å². The van der Waals surface area contributed by atoms with Crippen LogP contribution in [-0.4, -0.2) is 92.9 Å². The quantitative estimate of drug-likeness (QED) is 0.382. The van der Waals surface area contributed by atoms with Crippen LogP contribution in [0, 0.1) is 13.8 Å². The average molecular weight is 699 g/mol. The van der Waals surface area contributed by atoms with Gasteiger partial charge in [-0.15, -0.1) is 0 Å². The van der Waals surface area contributed by atoms with E-state index in [4.69, 9.17) is 16.3 Å². The van der Waals surface area contributed by atoms with Gasteiger partial charge in [0, 0.05) is 42.7 Å². The topological polar surface area (TPSA) is 112 Å². The first-order chi connectivity index (χ1) is 22.1. The fourth-order valence-corrected chi connectivity index (χ4v) is 7.17. The summed E-state index contributed by atoms with van der Waals surface area (Å²) in [6.45, 7) is 2.60. The molecule has 0 aliphatic carbocycles. The Labute approximate surface area is 277 Å². The number of aryl methyl sites for hydroxylation is 2. The van der Waals surface area contributed by atoms with Crippen molar-refractivity contribution in [1.82, 2.24) is 14.5 Å². The predicted octanol–water partition coefficient (Wildman–Crippen LogP) is 4.88. The molecule has 2 fully saturated rings. The Morgan fingerprint density at radius 2 is 1.74 bits per heavy atom. The van der Waals surface area contributed by atoms with Crippen LogP contribution in [0.25, 0.3) is 6.08 Å². The summed E-state index contributed by atoms with van der Waals surface area (Å²) in [6.07, 6.45) is -1.78. The number of rotatable bonds is 8. The van der Waals surface area contributed by atoms with E-state index >= 15 is 0 Å². The van der Waals surface area contributed by atoms with E-state index in [0.29, 0.717) is 37.1 Å². The van der Waals surface area contributed by atoms with E-state index in [9.17, 15) is 36.5 Å². The molecule has 1 unspecified atom stereocenters. The maximum absolute atomic E-state index is 13.2. The van der Waals surface area contributed by atoms with Crippen LogP contribution in [0.15, 0.2) is 40.7 Å². The van der Waals surface area contributed by atoms with Crippen LogP contribution in [0.3, 0.4) is 0 Å². The minimum Gasteiger partial charge on any atom is -0.483 e. The van der Waals surface area contributed by atoms with Crippen molar-refractivity contribution in [3.8, 4) is 5.75 Å². The summed E-state index contributed by atoms with van der Waals surface area (Å²) in [7, 11) is -1.51. The third-order valence-electron chi connectivity index (χ3n) is 8.80. The number of carbonyl (C=O) groups excluding carboxylic acids is 2. The molecule has 15 heteroatoms. The lowest BCUT2D eigenvalue weighted by Crippen LogP contribution is -2.49. The Morgan fingerprint density at radius 3 is 2.32 bits per heavy atom. The van der Waals surface area contributed by atoms with Gasteiger partial charge in [0.05, 0.1) is 10.6 Å². The van der Waals surface area contributed by atoms with Crippen molar-refractivity contribution in [2.24, 2.45) is 4.99 Å². The lowest BCUT2D eigenvalue weighted by Gasteiger charge is -2.36. The SMILES string of the molecule is Cc1cc(C(=O)N2CCC(O)(CF)CC2)cc(C)c1/C=C/S(=O)N1CCC2(CC1)N=C(c1ccc(OCC(F)(F)F)c(Cl)c1)NC2=O. The van der Waals surface area contributed by atoms with Crippen LogP contribution in [0.4, 0.5) is 17.6 Å². The molecule has 1 atom stereocenters. The van der Waals surface area contributed by atoms with Gasteiger partial charge in [-0.25, -0.2) is 12.9 Å². The number of carbonyl (C=O) groups is 2. The summed E-state index contributed by atoms with van der Waals surface area (Å²) in [6, 6.07) is 7.68. The average Bonchev–Trinajstić information content (AvgIpc) is 3.34. The van der Waals surface area contributed by atoms with Gasteiger partial charge in [0.1, 0.15) is 34.8 Å². The highest BCUT2D eigenvalue weighted by Gasteiger charge is 2.46. The fourth-order valence-electron chi connectivity index (χ4n) is 5.97. The van der Waals surface area contributed by atoms with Crippen LogP contribution in [0.2, 0.25) is 5.02 Å². The number of ether oxygens (including phenoxy) is 1. The Morgan fingerprint density at radius 1 is 1.11 bits per heavy atom. The summed E-state index contributed by atoms with van der Waals surface area (Å²) >= 11 is 6.12. The molecule has 0 bridgehead atoms. The number of piperidine rings is 2. The van der Waals surface area contributed by atoms with E-state index in [0.717, 1.165) is 16.7 Å². The molecular formula is C32H35ClF4N4O5S. The van der Waals surface area contributed by atoms with Gasteiger partial charge in [-0.2, -0.15) is 13.2 Å². The first-order valence-electron chi connectivity index (χ1n) is 15.1. The van der Waals surface area contributed by atoms with Crippen molar-refractivity contribution in [2.45, 2.75) is 56.8 Å². The number of hydrogen-bond acceptors (Lipinski definition) is 6. The molecule has 2 aromatic carbocycles. The molecule has 254 valence electrons. The van der Waals surface area contributed by atoms with Crippen LogP contribution >= 0.6 is 11.6 Å². The molecule has 0 saturated carbocycles. The predicted molar refractivity (Wildman–Crippen MR) is 170 cm³/mol.